The fraction of sp³-hybridized carbons (Fsp3) is 0.333. The van der Waals surface area contributed by atoms with Crippen LogP contribution in [0.3, 0.4) is 0 Å². The quantitative estimate of drug-likeness (QED) is 0.110. The van der Waals surface area contributed by atoms with Gasteiger partial charge in [0.1, 0.15) is 48.6 Å². The molecule has 67 heavy (non-hydrogen) atoms. The van der Waals surface area contributed by atoms with E-state index in [4.69, 9.17) is 20.0 Å². The summed E-state index contributed by atoms with van der Waals surface area (Å²) in [5.74, 6) is 4.29. The minimum absolute atomic E-state index is 0. The van der Waals surface area contributed by atoms with E-state index >= 15 is 0 Å². The van der Waals surface area contributed by atoms with Crippen molar-refractivity contribution in [3.8, 4) is 0 Å². The maximum Gasteiger partial charge on any atom is 3.00 e. The minimum atomic E-state index is 0. The van der Waals surface area contributed by atoms with Crippen molar-refractivity contribution >= 4 is 33.9 Å². The van der Waals surface area contributed by atoms with Gasteiger partial charge in [-0.2, -0.15) is 0 Å². The molecule has 4 aromatic heterocycles. The molecule has 9 rings (SSSR count). The maximum atomic E-state index is 5.59. The Hall–Kier alpha value is -4.63. The number of hydrogen-bond acceptors (Lipinski definition) is 5. The fourth-order valence-electron chi connectivity index (χ4n) is 9.06. The third-order valence-electron chi connectivity index (χ3n) is 12.1. The number of allylic oxidation sites excluding steroid dienone is 8. The Morgan fingerprint density at radius 3 is 1.10 bits per heavy atom. The van der Waals surface area contributed by atoms with E-state index in [1.807, 2.05) is 0 Å². The van der Waals surface area contributed by atoms with Gasteiger partial charge in [-0.25, -0.2) is 42.4 Å². The predicted octanol–water partition coefficient (Wildman–Crippen LogP) is -9.46. The van der Waals surface area contributed by atoms with Crippen molar-refractivity contribution < 1.29 is 98.3 Å². The molecule has 8 bridgehead atoms. The van der Waals surface area contributed by atoms with Crippen LogP contribution in [0.1, 0.15) is 84.3 Å². The summed E-state index contributed by atoms with van der Waals surface area (Å²) in [5.41, 5.74) is 10.9. The standard InChI is InChI=1S/C48H56N12.5ClH.Mn.H2O/c1-9-53-25-26-54(10-2)45(53)41-33-17-19-35(49-33)42(46-55(11-3)27-28-56(46)12-4)37-21-23-39(51-37)44(48-59(15-7)31-32-60(48)16-8)40-24-22-38(52-40)43(36-20-18-34(41)50-36)47-57(13-5)29-30-58(47)14-6;;;;;;;/h17-32H,9-16H2,1-8H3;5*1H;;1H2/q+2;;;;;;+3;/p-5. The van der Waals surface area contributed by atoms with Crippen LogP contribution in [-0.2, 0) is 56.3 Å². The molecule has 358 valence electrons. The summed E-state index contributed by atoms with van der Waals surface area (Å²) < 4.78 is 13.8. The Labute approximate surface area is 436 Å². The normalized spacial score (nSPS) is 15.4. The van der Waals surface area contributed by atoms with Crippen molar-refractivity contribution in [2.75, 3.05) is 13.1 Å². The van der Waals surface area contributed by atoms with Crippen molar-refractivity contribution in [3.05, 3.63) is 156 Å². The molecule has 9 heterocycles. The molecule has 0 atom stereocenters. The average molecular weight is 1050 g/mol. The second-order valence-electron chi connectivity index (χ2n) is 15.1. The van der Waals surface area contributed by atoms with Crippen LogP contribution < -0.4 is 80.7 Å². The summed E-state index contributed by atoms with van der Waals surface area (Å²) in [5, 5.41) is 0. The van der Waals surface area contributed by atoms with E-state index in [1.54, 1.807) is 0 Å². The number of imidazole rings is 3. The molecule has 0 unspecified atom stereocenters. The molecule has 13 nitrogen and oxygen atoms in total. The van der Waals surface area contributed by atoms with Gasteiger partial charge in [0.15, 0.2) is 0 Å². The Bertz CT molecular complexity index is 2710. The van der Waals surface area contributed by atoms with E-state index in [0.29, 0.717) is 0 Å². The molecule has 0 aliphatic carbocycles. The van der Waals surface area contributed by atoms with Crippen LogP contribution in [0.5, 0.6) is 0 Å². The van der Waals surface area contributed by atoms with Gasteiger partial charge < -0.3 is 82.3 Å². The molecule has 0 saturated carbocycles. The number of halogens is 5. The topological polar surface area (TPSA) is 116 Å². The molecule has 0 saturated heterocycles. The summed E-state index contributed by atoms with van der Waals surface area (Å²) in [6.07, 6.45) is 30.3. The number of hydrogen-bond donors (Lipinski definition) is 0. The summed E-state index contributed by atoms with van der Waals surface area (Å²) in [4.78, 5) is 27.0. The van der Waals surface area contributed by atoms with Crippen LogP contribution in [0.4, 0.5) is 0 Å². The van der Waals surface area contributed by atoms with Crippen LogP contribution in [0.2, 0.25) is 0 Å². The number of aryl methyl sites for hydroxylation is 6. The van der Waals surface area contributed by atoms with Crippen molar-refractivity contribution in [1.82, 2.24) is 28.5 Å². The van der Waals surface area contributed by atoms with E-state index in [9.17, 15) is 0 Å². The number of fused-ring (bicyclic) bond motifs is 5. The van der Waals surface area contributed by atoms with Crippen LogP contribution in [0.15, 0.2) is 142 Å². The number of nitrogens with zero attached hydrogens (tertiary/aromatic N) is 12. The predicted molar refractivity (Wildman–Crippen MR) is 241 cm³/mol. The third-order valence-corrected chi connectivity index (χ3v) is 12.1. The van der Waals surface area contributed by atoms with E-state index < -0.39 is 0 Å². The van der Waals surface area contributed by atoms with Gasteiger partial charge >= 0.3 is 17.1 Å². The third kappa shape index (κ3) is 9.96. The first-order valence-corrected chi connectivity index (χ1v) is 21.8. The van der Waals surface area contributed by atoms with Crippen LogP contribution >= 0.6 is 0 Å². The second kappa shape index (κ2) is 24.6. The SMILES string of the molecule is CCN1C=CN(CC)C1=C1C2=NC(=C(c3n(CC)cc[n+]3CC)C3=NC(=C(c4n(CC)cc[n+]4CC)c4ccc([n-]4)C(c4n(CC)cc[n+]4CC)=C4C=CC1=N4)C=C3)C=C2.O.[Cl-].[Cl-].[Cl-].[Cl-].[Cl-].[Mn+3]. The summed E-state index contributed by atoms with van der Waals surface area (Å²) >= 11 is 0. The minimum Gasteiger partial charge on any atom is -1.00 e. The molecular weight excluding hydrogens is 993 g/mol. The van der Waals surface area contributed by atoms with E-state index in [0.717, 1.165) is 144 Å². The number of rotatable bonds is 11. The zero-order valence-electron chi connectivity index (χ0n) is 39.0. The first kappa shape index (κ1) is 58.5. The molecule has 5 aliphatic rings. The average Bonchev–Trinajstić information content (AvgIpc) is 4.13. The first-order valence-electron chi connectivity index (χ1n) is 21.8. The zero-order valence-corrected chi connectivity index (χ0v) is 44.0. The molecule has 19 heteroatoms. The smallest absolute Gasteiger partial charge is 1.00 e. The Kier molecular flexibility index (Phi) is 21.5. The van der Waals surface area contributed by atoms with Gasteiger partial charge in [-0.1, -0.05) is 12.1 Å². The van der Waals surface area contributed by atoms with Crippen molar-refractivity contribution in [3.63, 3.8) is 0 Å². The van der Waals surface area contributed by atoms with Crippen LogP contribution in [-0.4, -0.2) is 59.2 Å². The maximum absolute atomic E-state index is 5.59. The number of aliphatic imine (C=N–C) groups is 3. The van der Waals surface area contributed by atoms with Crippen LogP contribution in [0.25, 0.3) is 16.7 Å². The molecule has 0 radical (unpaired) electrons. The Morgan fingerprint density at radius 1 is 0.448 bits per heavy atom. The molecule has 5 aliphatic heterocycles. The van der Waals surface area contributed by atoms with Gasteiger partial charge in [0.25, 0.3) is 17.5 Å². The molecule has 0 aromatic carbocycles. The first-order chi connectivity index (χ1) is 29.4. The van der Waals surface area contributed by atoms with Crippen molar-refractivity contribution in [1.29, 1.82) is 0 Å². The molecule has 4 aromatic rings. The second-order valence-corrected chi connectivity index (χ2v) is 15.1. The fourth-order valence-corrected chi connectivity index (χ4v) is 9.06. The van der Waals surface area contributed by atoms with E-state index in [-0.39, 0.29) is 84.6 Å². The molecule has 2 N–H and O–H groups in total. The van der Waals surface area contributed by atoms with Gasteiger partial charge in [0.2, 0.25) is 0 Å². The van der Waals surface area contributed by atoms with E-state index in [2.05, 4.69) is 191 Å². The van der Waals surface area contributed by atoms with Gasteiger partial charge in [-0.05, 0) is 91.8 Å². The van der Waals surface area contributed by atoms with Gasteiger partial charge in [0, 0.05) is 25.5 Å². The van der Waals surface area contributed by atoms with Gasteiger partial charge in [0.05, 0.1) is 90.2 Å². The molecular formula is C48H58Cl5MnN12O. The van der Waals surface area contributed by atoms with Crippen LogP contribution in [0, 0.1) is 0 Å². The summed E-state index contributed by atoms with van der Waals surface area (Å²) in [6.45, 7) is 24.0. The molecule has 0 fully saturated rings. The van der Waals surface area contributed by atoms with Gasteiger partial charge in [-0.15, -0.1) is 11.4 Å². The summed E-state index contributed by atoms with van der Waals surface area (Å²) in [7, 11) is 0. The van der Waals surface area contributed by atoms with Crippen molar-refractivity contribution in [2.24, 2.45) is 15.0 Å². The summed E-state index contributed by atoms with van der Waals surface area (Å²) in [6, 6.07) is 4.34. The Balaban J connectivity index is 0.00000220. The number of aromatic nitrogens is 7. The van der Waals surface area contributed by atoms with E-state index in [1.165, 1.54) is 0 Å². The monoisotopic (exact) mass is 1050 g/mol. The largest absolute Gasteiger partial charge is 3.00 e. The Morgan fingerprint density at radius 2 is 0.776 bits per heavy atom. The molecule has 0 amide bonds. The van der Waals surface area contributed by atoms with Gasteiger partial charge in [-0.3, -0.25) is 0 Å². The molecule has 0 spiro atoms. The zero-order chi connectivity index (χ0) is 41.7. The van der Waals surface area contributed by atoms with Crippen molar-refractivity contribution in [2.45, 2.75) is 94.7 Å².